The van der Waals surface area contributed by atoms with Gasteiger partial charge in [-0.1, -0.05) is 31.2 Å². The van der Waals surface area contributed by atoms with Crippen LogP contribution >= 0.6 is 0 Å². The Morgan fingerprint density at radius 3 is 2.38 bits per heavy atom. The third-order valence-electron chi connectivity index (χ3n) is 4.80. The molecule has 3 heteroatoms. The highest BCUT2D eigenvalue weighted by Gasteiger charge is 2.30. The van der Waals surface area contributed by atoms with Crippen molar-refractivity contribution >= 4 is 5.78 Å². The summed E-state index contributed by atoms with van der Waals surface area (Å²) >= 11 is 0. The van der Waals surface area contributed by atoms with Crippen LogP contribution in [0.4, 0.5) is 0 Å². The molecule has 0 saturated carbocycles. The van der Waals surface area contributed by atoms with Crippen LogP contribution in [0.15, 0.2) is 36.4 Å². The lowest BCUT2D eigenvalue weighted by Gasteiger charge is -2.21. The molecule has 0 aromatic heterocycles. The molecule has 0 heterocycles. The second-order valence-electron chi connectivity index (χ2n) is 6.25. The number of aryl methyl sites for hydroxylation is 2. The summed E-state index contributed by atoms with van der Waals surface area (Å²) in [5, 5.41) is 0. The van der Waals surface area contributed by atoms with E-state index in [-0.39, 0.29) is 11.7 Å². The minimum Gasteiger partial charge on any atom is -0.493 e. The molecule has 0 spiro atoms. The van der Waals surface area contributed by atoms with E-state index in [1.165, 1.54) is 11.1 Å². The SMILES string of the molecule is CCCC(=O)C1c2ccccc2CCc2cc(OC)c(OC)cc21. The second kappa shape index (κ2) is 7.08. The van der Waals surface area contributed by atoms with Crippen LogP contribution in [0.3, 0.4) is 0 Å². The molecule has 126 valence electrons. The fourth-order valence-electron chi connectivity index (χ4n) is 3.64. The predicted molar refractivity (Wildman–Crippen MR) is 95.2 cm³/mol. The summed E-state index contributed by atoms with van der Waals surface area (Å²) in [7, 11) is 3.28. The van der Waals surface area contributed by atoms with E-state index in [0.717, 1.165) is 36.1 Å². The van der Waals surface area contributed by atoms with Gasteiger partial charge >= 0.3 is 0 Å². The van der Waals surface area contributed by atoms with Crippen molar-refractivity contribution in [3.05, 3.63) is 58.7 Å². The minimum absolute atomic E-state index is 0.210. The number of rotatable bonds is 5. The normalized spacial score (nSPS) is 15.9. The zero-order valence-electron chi connectivity index (χ0n) is 14.6. The van der Waals surface area contributed by atoms with Gasteiger partial charge < -0.3 is 9.47 Å². The van der Waals surface area contributed by atoms with Crippen LogP contribution in [0.1, 0.15) is 47.9 Å². The highest BCUT2D eigenvalue weighted by atomic mass is 16.5. The molecule has 2 aromatic rings. The second-order valence-corrected chi connectivity index (χ2v) is 6.25. The molecule has 1 aliphatic carbocycles. The van der Waals surface area contributed by atoms with Gasteiger partial charge in [0.05, 0.1) is 20.1 Å². The average molecular weight is 324 g/mol. The third-order valence-corrected chi connectivity index (χ3v) is 4.80. The number of carbonyl (C=O) groups is 1. The lowest BCUT2D eigenvalue weighted by molar-refractivity contribution is -0.119. The zero-order valence-corrected chi connectivity index (χ0v) is 14.6. The highest BCUT2D eigenvalue weighted by molar-refractivity contribution is 5.90. The van der Waals surface area contributed by atoms with E-state index < -0.39 is 0 Å². The summed E-state index contributed by atoms with van der Waals surface area (Å²) in [6.45, 7) is 2.05. The number of ether oxygens (including phenoxy) is 2. The fourth-order valence-corrected chi connectivity index (χ4v) is 3.64. The summed E-state index contributed by atoms with van der Waals surface area (Å²) in [6, 6.07) is 12.3. The van der Waals surface area contributed by atoms with Crippen LogP contribution in [-0.2, 0) is 17.6 Å². The number of Topliss-reactive ketones (excluding diaryl/α,β-unsaturated/α-hetero) is 1. The van der Waals surface area contributed by atoms with Gasteiger partial charge in [0.2, 0.25) is 0 Å². The van der Waals surface area contributed by atoms with E-state index in [9.17, 15) is 4.79 Å². The lowest BCUT2D eigenvalue weighted by Crippen LogP contribution is -2.15. The van der Waals surface area contributed by atoms with Crippen molar-refractivity contribution in [3.8, 4) is 11.5 Å². The van der Waals surface area contributed by atoms with E-state index in [1.807, 2.05) is 18.2 Å². The first-order chi connectivity index (χ1) is 11.7. The Hall–Kier alpha value is -2.29. The monoisotopic (exact) mass is 324 g/mol. The number of hydrogen-bond donors (Lipinski definition) is 0. The van der Waals surface area contributed by atoms with Gasteiger partial charge in [0, 0.05) is 6.42 Å². The largest absolute Gasteiger partial charge is 0.493 e. The van der Waals surface area contributed by atoms with Crippen molar-refractivity contribution < 1.29 is 14.3 Å². The molecule has 3 rings (SSSR count). The lowest BCUT2D eigenvalue weighted by atomic mass is 9.83. The Balaban J connectivity index is 2.20. The van der Waals surface area contributed by atoms with Crippen LogP contribution in [-0.4, -0.2) is 20.0 Å². The molecule has 1 atom stereocenters. The first kappa shape index (κ1) is 16.6. The highest BCUT2D eigenvalue weighted by Crippen LogP contribution is 2.41. The van der Waals surface area contributed by atoms with Gasteiger partial charge in [-0.3, -0.25) is 4.79 Å². The fraction of sp³-hybridized carbons (Fsp3) is 0.381. The number of hydrogen-bond acceptors (Lipinski definition) is 3. The van der Waals surface area contributed by atoms with E-state index in [4.69, 9.17) is 9.47 Å². The third kappa shape index (κ3) is 2.91. The Bertz CT molecular complexity index is 749. The summed E-state index contributed by atoms with van der Waals surface area (Å²) < 4.78 is 10.9. The molecule has 0 saturated heterocycles. The van der Waals surface area contributed by atoms with Crippen molar-refractivity contribution in [1.82, 2.24) is 0 Å². The number of methoxy groups -OCH3 is 2. The van der Waals surface area contributed by atoms with Crippen LogP contribution in [0, 0.1) is 0 Å². The molecule has 0 bridgehead atoms. The topological polar surface area (TPSA) is 35.5 Å². The summed E-state index contributed by atoms with van der Waals surface area (Å²) in [5.74, 6) is 1.48. The molecular formula is C21H24O3. The number of fused-ring (bicyclic) bond motifs is 2. The first-order valence-corrected chi connectivity index (χ1v) is 8.54. The van der Waals surface area contributed by atoms with Gasteiger partial charge in [-0.05, 0) is 53.6 Å². The van der Waals surface area contributed by atoms with Crippen LogP contribution < -0.4 is 9.47 Å². The van der Waals surface area contributed by atoms with Gasteiger partial charge in [0.25, 0.3) is 0 Å². The quantitative estimate of drug-likeness (QED) is 0.822. The molecule has 24 heavy (non-hydrogen) atoms. The van der Waals surface area contributed by atoms with Gasteiger partial charge in [-0.15, -0.1) is 0 Å². The summed E-state index contributed by atoms with van der Waals surface area (Å²) in [6.07, 6.45) is 3.30. The smallest absolute Gasteiger partial charge is 0.161 e. The van der Waals surface area contributed by atoms with Crippen molar-refractivity contribution in [2.45, 2.75) is 38.5 Å². The Morgan fingerprint density at radius 1 is 1.00 bits per heavy atom. The first-order valence-electron chi connectivity index (χ1n) is 8.54. The van der Waals surface area contributed by atoms with Crippen molar-refractivity contribution in [2.24, 2.45) is 0 Å². The minimum atomic E-state index is -0.210. The molecule has 0 fully saturated rings. The predicted octanol–water partition coefficient (Wildman–Crippen LogP) is 4.30. The number of ketones is 1. The van der Waals surface area contributed by atoms with Gasteiger partial charge in [0.1, 0.15) is 5.78 Å². The average Bonchev–Trinajstić information content (AvgIpc) is 2.77. The van der Waals surface area contributed by atoms with Crippen LogP contribution in [0.2, 0.25) is 0 Å². The summed E-state index contributed by atoms with van der Waals surface area (Å²) in [4.78, 5) is 13.0. The van der Waals surface area contributed by atoms with Gasteiger partial charge in [-0.2, -0.15) is 0 Å². The van der Waals surface area contributed by atoms with Crippen molar-refractivity contribution in [3.63, 3.8) is 0 Å². The standard InChI is InChI=1S/C21H24O3/c1-4-7-18(22)21-16-9-6-5-8-14(16)10-11-15-12-19(23-2)20(24-3)13-17(15)21/h5-6,8-9,12-13,21H,4,7,10-11H2,1-3H3. The maximum atomic E-state index is 13.0. The van der Waals surface area contributed by atoms with Crippen LogP contribution in [0.5, 0.6) is 11.5 Å². The van der Waals surface area contributed by atoms with Crippen molar-refractivity contribution in [1.29, 1.82) is 0 Å². The van der Waals surface area contributed by atoms with E-state index in [2.05, 4.69) is 25.1 Å². The Kier molecular flexibility index (Phi) is 4.89. The molecular weight excluding hydrogens is 300 g/mol. The number of benzene rings is 2. The Morgan fingerprint density at radius 2 is 1.67 bits per heavy atom. The summed E-state index contributed by atoms with van der Waals surface area (Å²) in [5.41, 5.74) is 4.65. The van der Waals surface area contributed by atoms with E-state index >= 15 is 0 Å². The zero-order chi connectivity index (χ0) is 17.1. The van der Waals surface area contributed by atoms with Crippen LogP contribution in [0.25, 0.3) is 0 Å². The van der Waals surface area contributed by atoms with E-state index in [0.29, 0.717) is 12.2 Å². The van der Waals surface area contributed by atoms with Gasteiger partial charge in [0.15, 0.2) is 11.5 Å². The molecule has 0 amide bonds. The molecule has 0 N–H and O–H groups in total. The molecule has 2 aromatic carbocycles. The molecule has 0 aliphatic heterocycles. The van der Waals surface area contributed by atoms with Crippen molar-refractivity contribution in [2.75, 3.05) is 14.2 Å². The Labute approximate surface area is 143 Å². The maximum Gasteiger partial charge on any atom is 0.161 e. The molecule has 1 aliphatic rings. The van der Waals surface area contributed by atoms with Gasteiger partial charge in [-0.25, -0.2) is 0 Å². The molecule has 0 radical (unpaired) electrons. The molecule has 1 unspecified atom stereocenters. The number of carbonyl (C=O) groups excluding carboxylic acids is 1. The van der Waals surface area contributed by atoms with E-state index in [1.54, 1.807) is 14.2 Å². The molecule has 3 nitrogen and oxygen atoms in total. The maximum absolute atomic E-state index is 13.0.